The highest BCUT2D eigenvalue weighted by atomic mass is 16.4. The Labute approximate surface area is 104 Å². The van der Waals surface area contributed by atoms with Gasteiger partial charge in [-0.15, -0.1) is 0 Å². The van der Waals surface area contributed by atoms with Gasteiger partial charge in [-0.1, -0.05) is 0 Å². The highest BCUT2D eigenvalue weighted by molar-refractivity contribution is 5.94. The van der Waals surface area contributed by atoms with Crippen LogP contribution in [0, 0.1) is 0 Å². The standard InChI is InChI=1S/C12H6N2O5/c15-10-7-3-4-13-6-9(7)19-12(17)14(10)11(16)8-2-1-5-18-8/h1-6H. The summed E-state index contributed by atoms with van der Waals surface area (Å²) in [4.78, 5) is 39.5. The molecule has 0 N–H and O–H groups in total. The van der Waals surface area contributed by atoms with E-state index in [2.05, 4.69) is 4.98 Å². The zero-order valence-electron chi connectivity index (χ0n) is 9.40. The second-order valence-electron chi connectivity index (χ2n) is 3.66. The first-order valence-electron chi connectivity index (χ1n) is 5.26. The van der Waals surface area contributed by atoms with Crippen molar-refractivity contribution in [3.05, 3.63) is 63.5 Å². The lowest BCUT2D eigenvalue weighted by Gasteiger charge is -2.01. The van der Waals surface area contributed by atoms with Gasteiger partial charge in [-0.2, -0.15) is 4.57 Å². The van der Waals surface area contributed by atoms with Crippen LogP contribution in [0.4, 0.5) is 0 Å². The molecule has 3 rings (SSSR count). The molecule has 0 amide bonds. The van der Waals surface area contributed by atoms with E-state index in [1.165, 1.54) is 36.9 Å². The lowest BCUT2D eigenvalue weighted by atomic mass is 10.3. The molecule has 19 heavy (non-hydrogen) atoms. The molecule has 0 aliphatic carbocycles. The molecule has 3 aromatic rings. The molecule has 94 valence electrons. The van der Waals surface area contributed by atoms with E-state index in [1.54, 1.807) is 0 Å². The summed E-state index contributed by atoms with van der Waals surface area (Å²) in [6, 6.07) is 4.20. The lowest BCUT2D eigenvalue weighted by molar-refractivity contribution is 0.0915. The third kappa shape index (κ3) is 1.68. The van der Waals surface area contributed by atoms with Crippen molar-refractivity contribution in [2.75, 3.05) is 0 Å². The van der Waals surface area contributed by atoms with E-state index < -0.39 is 17.2 Å². The summed E-state index contributed by atoms with van der Waals surface area (Å²) in [5.74, 6) is -2.07. The van der Waals surface area contributed by atoms with Gasteiger partial charge in [0.1, 0.15) is 0 Å². The van der Waals surface area contributed by atoms with Crippen LogP contribution < -0.4 is 11.3 Å². The Balaban J connectivity index is 2.34. The molecular formula is C12H6N2O5. The number of fused-ring (bicyclic) bond motifs is 1. The van der Waals surface area contributed by atoms with Crippen LogP contribution in [0.3, 0.4) is 0 Å². The molecule has 0 unspecified atom stereocenters. The fourth-order valence-electron chi connectivity index (χ4n) is 1.67. The Morgan fingerprint density at radius 1 is 1.26 bits per heavy atom. The molecule has 3 heterocycles. The van der Waals surface area contributed by atoms with E-state index in [0.717, 1.165) is 0 Å². The van der Waals surface area contributed by atoms with Gasteiger partial charge in [0.15, 0.2) is 11.3 Å². The van der Waals surface area contributed by atoms with E-state index in [-0.39, 0.29) is 16.7 Å². The van der Waals surface area contributed by atoms with Crippen molar-refractivity contribution < 1.29 is 13.6 Å². The van der Waals surface area contributed by atoms with Gasteiger partial charge in [0.05, 0.1) is 17.8 Å². The molecule has 0 saturated heterocycles. The number of rotatable bonds is 1. The number of furan rings is 1. The van der Waals surface area contributed by atoms with Crippen molar-refractivity contribution in [1.29, 1.82) is 0 Å². The van der Waals surface area contributed by atoms with Gasteiger partial charge in [0.2, 0.25) is 0 Å². The van der Waals surface area contributed by atoms with Crippen LogP contribution in [0.5, 0.6) is 0 Å². The zero-order chi connectivity index (χ0) is 13.4. The number of aromatic nitrogens is 2. The SMILES string of the molecule is O=C(c1ccco1)n1c(=O)oc2cnccc2c1=O. The Morgan fingerprint density at radius 3 is 2.84 bits per heavy atom. The molecule has 0 bridgehead atoms. The minimum atomic E-state index is -1.08. The highest BCUT2D eigenvalue weighted by Crippen LogP contribution is 2.06. The van der Waals surface area contributed by atoms with Crippen molar-refractivity contribution in [1.82, 2.24) is 9.55 Å². The fraction of sp³-hybridized carbons (Fsp3) is 0. The highest BCUT2D eigenvalue weighted by Gasteiger charge is 2.19. The van der Waals surface area contributed by atoms with Gasteiger partial charge >= 0.3 is 11.7 Å². The number of nitrogens with zero attached hydrogens (tertiary/aromatic N) is 2. The zero-order valence-corrected chi connectivity index (χ0v) is 9.40. The van der Waals surface area contributed by atoms with Gasteiger partial charge in [0.25, 0.3) is 5.56 Å². The number of hydrogen-bond acceptors (Lipinski definition) is 6. The van der Waals surface area contributed by atoms with Crippen LogP contribution >= 0.6 is 0 Å². The van der Waals surface area contributed by atoms with Crippen LogP contribution in [-0.2, 0) is 0 Å². The molecule has 0 fully saturated rings. The first kappa shape index (κ1) is 11.1. The quantitative estimate of drug-likeness (QED) is 0.635. The van der Waals surface area contributed by atoms with Gasteiger partial charge in [-0.3, -0.25) is 14.6 Å². The Hall–Kier alpha value is -2.96. The molecule has 3 aromatic heterocycles. The second kappa shape index (κ2) is 4.05. The summed E-state index contributed by atoms with van der Waals surface area (Å²) in [6.07, 6.45) is 3.87. The summed E-state index contributed by atoms with van der Waals surface area (Å²) >= 11 is 0. The lowest BCUT2D eigenvalue weighted by Crippen LogP contribution is -2.37. The summed E-state index contributed by atoms with van der Waals surface area (Å²) in [5.41, 5.74) is -0.740. The van der Waals surface area contributed by atoms with Crippen LogP contribution in [0.15, 0.2) is 55.3 Å². The predicted octanol–water partition coefficient (Wildman–Crippen LogP) is 0.631. The number of hydrogen-bond donors (Lipinski definition) is 0. The van der Waals surface area contributed by atoms with E-state index >= 15 is 0 Å². The van der Waals surface area contributed by atoms with Crippen molar-refractivity contribution in [3.63, 3.8) is 0 Å². The second-order valence-corrected chi connectivity index (χ2v) is 3.66. The van der Waals surface area contributed by atoms with E-state index in [0.29, 0.717) is 4.57 Å². The number of carbonyl (C=O) groups excluding carboxylic acids is 1. The Morgan fingerprint density at radius 2 is 2.11 bits per heavy atom. The van der Waals surface area contributed by atoms with Crippen molar-refractivity contribution in [2.45, 2.75) is 0 Å². The Kier molecular flexibility index (Phi) is 2.38. The topological polar surface area (TPSA) is 95.3 Å². The minimum absolute atomic E-state index is 0.0287. The normalized spacial score (nSPS) is 10.7. The third-order valence-corrected chi connectivity index (χ3v) is 2.53. The van der Waals surface area contributed by atoms with Gasteiger partial charge in [-0.25, -0.2) is 4.79 Å². The van der Waals surface area contributed by atoms with Crippen molar-refractivity contribution in [2.24, 2.45) is 0 Å². The third-order valence-electron chi connectivity index (χ3n) is 2.53. The maximum atomic E-state index is 12.1. The number of pyridine rings is 1. The average molecular weight is 258 g/mol. The maximum absolute atomic E-state index is 12.1. The summed E-state index contributed by atoms with van der Waals surface area (Å²) < 4.78 is 10.1. The molecule has 0 spiro atoms. The van der Waals surface area contributed by atoms with Gasteiger partial charge in [0, 0.05) is 6.20 Å². The van der Waals surface area contributed by atoms with E-state index in [1.807, 2.05) is 0 Å². The first-order valence-corrected chi connectivity index (χ1v) is 5.26. The largest absolute Gasteiger partial charge is 0.459 e. The van der Waals surface area contributed by atoms with Crippen molar-refractivity contribution >= 4 is 16.9 Å². The fourth-order valence-corrected chi connectivity index (χ4v) is 1.67. The van der Waals surface area contributed by atoms with E-state index in [9.17, 15) is 14.4 Å². The minimum Gasteiger partial charge on any atom is -0.459 e. The molecule has 0 aliphatic rings. The molecule has 0 radical (unpaired) electrons. The summed E-state index contributed by atoms with van der Waals surface area (Å²) in [5, 5.41) is 0.0921. The molecule has 0 atom stereocenters. The first-order chi connectivity index (χ1) is 9.18. The van der Waals surface area contributed by atoms with Crippen molar-refractivity contribution in [3.8, 4) is 0 Å². The monoisotopic (exact) mass is 258 g/mol. The molecule has 0 aromatic carbocycles. The molecular weight excluding hydrogens is 252 g/mol. The summed E-state index contributed by atoms with van der Waals surface area (Å²) in [7, 11) is 0. The Bertz CT molecular complexity index is 873. The van der Waals surface area contributed by atoms with Crippen LogP contribution in [-0.4, -0.2) is 15.5 Å². The van der Waals surface area contributed by atoms with E-state index in [4.69, 9.17) is 8.83 Å². The smallest absolute Gasteiger partial charge is 0.429 e. The van der Waals surface area contributed by atoms with Gasteiger partial charge in [-0.05, 0) is 18.2 Å². The predicted molar refractivity (Wildman–Crippen MR) is 63.0 cm³/mol. The molecule has 0 aliphatic heterocycles. The molecule has 0 saturated carbocycles. The molecule has 7 heteroatoms. The van der Waals surface area contributed by atoms with Crippen LogP contribution in [0.1, 0.15) is 10.6 Å². The van der Waals surface area contributed by atoms with Crippen LogP contribution in [0.2, 0.25) is 0 Å². The van der Waals surface area contributed by atoms with Crippen LogP contribution in [0.25, 0.3) is 11.0 Å². The van der Waals surface area contributed by atoms with Gasteiger partial charge < -0.3 is 8.83 Å². The number of carbonyl (C=O) groups is 1. The maximum Gasteiger partial charge on any atom is 0.429 e. The summed E-state index contributed by atoms with van der Waals surface area (Å²) in [6.45, 7) is 0. The molecule has 7 nitrogen and oxygen atoms in total. The average Bonchev–Trinajstić information content (AvgIpc) is 2.92.